The molecule has 2 aliphatic rings. The van der Waals surface area contributed by atoms with Gasteiger partial charge in [-0.05, 0) is 74.4 Å². The second-order valence-electron chi connectivity index (χ2n) is 10.1. The number of para-hydroxylation sites is 1. The van der Waals surface area contributed by atoms with Crippen LogP contribution < -0.4 is 4.90 Å². The summed E-state index contributed by atoms with van der Waals surface area (Å²) in [5.41, 5.74) is 6.02. The monoisotopic (exact) mass is 413 g/mol. The average molecular weight is 414 g/mol. The van der Waals surface area contributed by atoms with Crippen molar-refractivity contribution in [3.63, 3.8) is 0 Å². The molecule has 2 atom stereocenters. The van der Waals surface area contributed by atoms with Crippen LogP contribution in [0.25, 0.3) is 11.0 Å². The van der Waals surface area contributed by atoms with Crippen LogP contribution in [0.1, 0.15) is 63.1 Å². The highest BCUT2D eigenvalue weighted by Gasteiger charge is 2.73. The van der Waals surface area contributed by atoms with Gasteiger partial charge < -0.3 is 4.90 Å². The van der Waals surface area contributed by atoms with Crippen molar-refractivity contribution in [2.75, 3.05) is 11.4 Å². The largest absolute Gasteiger partial charge is 0.312 e. The van der Waals surface area contributed by atoms with Gasteiger partial charge in [0.2, 0.25) is 5.91 Å². The van der Waals surface area contributed by atoms with Crippen LogP contribution >= 0.6 is 0 Å². The zero-order chi connectivity index (χ0) is 22.2. The van der Waals surface area contributed by atoms with Crippen molar-refractivity contribution in [1.82, 2.24) is 9.97 Å². The van der Waals surface area contributed by atoms with Crippen LogP contribution in [0.3, 0.4) is 0 Å². The van der Waals surface area contributed by atoms with Gasteiger partial charge in [0.25, 0.3) is 0 Å². The molecule has 160 valence electrons. The van der Waals surface area contributed by atoms with Crippen molar-refractivity contribution < 1.29 is 4.79 Å². The van der Waals surface area contributed by atoms with Crippen LogP contribution in [0.4, 0.5) is 5.69 Å². The Hall–Kier alpha value is -2.75. The molecule has 0 aliphatic heterocycles. The summed E-state index contributed by atoms with van der Waals surface area (Å²) >= 11 is 0. The molecule has 1 saturated carbocycles. The van der Waals surface area contributed by atoms with Crippen LogP contribution in [-0.2, 0) is 15.6 Å². The number of hydrogen-bond acceptors (Lipinski definition) is 3. The molecule has 2 bridgehead atoms. The number of aryl methyl sites for hydroxylation is 2. The van der Waals surface area contributed by atoms with Crippen LogP contribution in [0.15, 0.2) is 42.5 Å². The van der Waals surface area contributed by atoms with Gasteiger partial charge in [0.1, 0.15) is 0 Å². The van der Waals surface area contributed by atoms with Gasteiger partial charge in [-0.3, -0.25) is 4.79 Å². The molecule has 1 aromatic heterocycles. The molecule has 1 amide bonds. The number of carbonyl (C=O) groups excluding carboxylic acids is 1. The third-order valence-electron chi connectivity index (χ3n) is 8.65. The lowest BCUT2D eigenvalue weighted by Crippen LogP contribution is -2.53. The number of anilines is 1. The maximum atomic E-state index is 14.4. The fourth-order valence-corrected chi connectivity index (χ4v) is 6.11. The number of nitrogens with zero attached hydrogens (tertiary/aromatic N) is 3. The zero-order valence-electron chi connectivity index (χ0n) is 19.4. The van der Waals surface area contributed by atoms with Crippen molar-refractivity contribution in [1.29, 1.82) is 0 Å². The number of carbonyl (C=O) groups is 1. The molecule has 0 saturated heterocycles. The van der Waals surface area contributed by atoms with Crippen molar-refractivity contribution >= 4 is 22.6 Å². The number of amides is 1. The fourth-order valence-electron chi connectivity index (χ4n) is 6.11. The van der Waals surface area contributed by atoms with Crippen molar-refractivity contribution in [2.24, 2.45) is 5.41 Å². The standard InChI is InChI=1S/C27H31N3O/c1-7-30(19-11-9-8-10-12-19)24(31)27-14-13-26(6,25(27,4)5)22-23(27)29-21-16-18(3)17(2)15-20(21)28-22/h8-12,15-16H,7,13-14H2,1-6H3. The first-order valence-corrected chi connectivity index (χ1v) is 11.3. The molecule has 5 rings (SSSR count). The van der Waals surface area contributed by atoms with E-state index in [2.05, 4.69) is 53.7 Å². The summed E-state index contributed by atoms with van der Waals surface area (Å²) in [6, 6.07) is 14.3. The number of benzene rings is 2. The second-order valence-corrected chi connectivity index (χ2v) is 10.1. The smallest absolute Gasteiger partial charge is 0.239 e. The van der Waals surface area contributed by atoms with Crippen molar-refractivity contribution in [2.45, 2.75) is 65.2 Å². The first-order valence-electron chi connectivity index (χ1n) is 11.3. The lowest BCUT2D eigenvalue weighted by atomic mass is 9.63. The number of fused-ring (bicyclic) bond motifs is 6. The molecule has 2 unspecified atom stereocenters. The van der Waals surface area contributed by atoms with E-state index in [1.165, 1.54) is 11.1 Å². The molecular weight excluding hydrogens is 382 g/mol. The highest BCUT2D eigenvalue weighted by molar-refractivity contribution is 6.03. The second kappa shape index (κ2) is 6.38. The molecule has 0 spiro atoms. The van der Waals surface area contributed by atoms with Gasteiger partial charge in [-0.15, -0.1) is 0 Å². The molecule has 4 nitrogen and oxygen atoms in total. The highest BCUT2D eigenvalue weighted by atomic mass is 16.2. The summed E-state index contributed by atoms with van der Waals surface area (Å²) in [7, 11) is 0. The summed E-state index contributed by atoms with van der Waals surface area (Å²) in [6.45, 7) is 13.7. The Morgan fingerprint density at radius 3 is 2.10 bits per heavy atom. The third kappa shape index (κ3) is 2.34. The fraction of sp³-hybridized carbons (Fsp3) is 0.444. The minimum atomic E-state index is -0.664. The zero-order valence-corrected chi connectivity index (χ0v) is 19.4. The Morgan fingerprint density at radius 2 is 1.52 bits per heavy atom. The maximum absolute atomic E-state index is 14.4. The van der Waals surface area contributed by atoms with Crippen LogP contribution in [0.5, 0.6) is 0 Å². The molecule has 1 fully saturated rings. The van der Waals surface area contributed by atoms with Crippen molar-refractivity contribution in [3.8, 4) is 0 Å². The molecule has 0 N–H and O–H groups in total. The number of hydrogen-bond donors (Lipinski definition) is 0. The Balaban J connectivity index is 1.77. The average Bonchev–Trinajstić information content (AvgIpc) is 3.04. The van der Waals surface area contributed by atoms with Gasteiger partial charge in [-0.1, -0.05) is 39.0 Å². The summed E-state index contributed by atoms with van der Waals surface area (Å²) in [4.78, 5) is 26.7. The van der Waals surface area contributed by atoms with Crippen LogP contribution in [0, 0.1) is 19.3 Å². The van der Waals surface area contributed by atoms with E-state index < -0.39 is 5.41 Å². The summed E-state index contributed by atoms with van der Waals surface area (Å²) in [6.07, 6.45) is 1.77. The van der Waals surface area contributed by atoms with Crippen LogP contribution in [-0.4, -0.2) is 22.4 Å². The van der Waals surface area contributed by atoms with Crippen molar-refractivity contribution in [3.05, 3.63) is 65.0 Å². The van der Waals surface area contributed by atoms with E-state index in [0.717, 1.165) is 41.0 Å². The summed E-state index contributed by atoms with van der Waals surface area (Å²) < 4.78 is 0. The Morgan fingerprint density at radius 1 is 0.935 bits per heavy atom. The predicted octanol–water partition coefficient (Wildman–Crippen LogP) is 5.63. The van der Waals surface area contributed by atoms with E-state index in [1.807, 2.05) is 35.2 Å². The van der Waals surface area contributed by atoms with Gasteiger partial charge in [0, 0.05) is 17.6 Å². The van der Waals surface area contributed by atoms with E-state index in [-0.39, 0.29) is 16.7 Å². The first kappa shape index (κ1) is 20.2. The van der Waals surface area contributed by atoms with Gasteiger partial charge in [-0.25, -0.2) is 9.97 Å². The van der Waals surface area contributed by atoms with Gasteiger partial charge in [0.15, 0.2) is 0 Å². The maximum Gasteiger partial charge on any atom is 0.239 e. The molecular formula is C27H31N3O. The van der Waals surface area contributed by atoms with Gasteiger partial charge >= 0.3 is 0 Å². The minimum Gasteiger partial charge on any atom is -0.312 e. The van der Waals surface area contributed by atoms with Crippen LogP contribution in [0.2, 0.25) is 0 Å². The topological polar surface area (TPSA) is 46.1 Å². The third-order valence-corrected chi connectivity index (χ3v) is 8.65. The normalized spacial score (nSPS) is 25.6. The predicted molar refractivity (Wildman–Crippen MR) is 126 cm³/mol. The summed E-state index contributed by atoms with van der Waals surface area (Å²) in [5.74, 6) is 0.158. The number of likely N-dealkylation sites (N-methyl/N-ethyl adjacent to an activating group) is 1. The van der Waals surface area contributed by atoms with Gasteiger partial charge in [0.05, 0.1) is 27.8 Å². The molecule has 31 heavy (non-hydrogen) atoms. The van der Waals surface area contributed by atoms with E-state index >= 15 is 0 Å². The van der Waals surface area contributed by atoms with E-state index in [0.29, 0.717) is 6.54 Å². The SMILES string of the molecule is CCN(C(=O)C12CCC(C)(c3nc4cc(C)c(C)cc4nc31)C2(C)C)c1ccccc1. The Labute approximate surface area is 184 Å². The van der Waals surface area contributed by atoms with E-state index in [9.17, 15) is 4.79 Å². The lowest BCUT2D eigenvalue weighted by molar-refractivity contribution is -0.127. The summed E-state index contributed by atoms with van der Waals surface area (Å²) in [5, 5.41) is 0. The van der Waals surface area contributed by atoms with Gasteiger partial charge in [-0.2, -0.15) is 0 Å². The van der Waals surface area contributed by atoms with E-state index in [4.69, 9.17) is 9.97 Å². The quantitative estimate of drug-likeness (QED) is 0.559. The molecule has 3 aromatic rings. The lowest BCUT2D eigenvalue weighted by Gasteiger charge is -2.42. The first-order chi connectivity index (χ1) is 14.7. The Bertz CT molecular complexity index is 1220. The number of aromatic nitrogens is 2. The van der Waals surface area contributed by atoms with E-state index in [1.54, 1.807) is 0 Å². The molecule has 1 heterocycles. The Kier molecular flexibility index (Phi) is 4.15. The highest BCUT2D eigenvalue weighted by Crippen LogP contribution is 2.70. The molecule has 4 heteroatoms. The molecule has 2 aromatic carbocycles. The minimum absolute atomic E-state index is 0.158. The molecule has 0 radical (unpaired) electrons. The number of rotatable bonds is 3. The molecule has 2 aliphatic carbocycles.